The number of hydrogen-bond donors (Lipinski definition) is 1. The number of hydrogen-bond acceptors (Lipinski definition) is 4. The summed E-state index contributed by atoms with van der Waals surface area (Å²) in [6, 6.07) is 20.1. The third-order valence-corrected chi connectivity index (χ3v) is 5.33. The van der Waals surface area contributed by atoms with Crippen LogP contribution in [-0.2, 0) is 11.8 Å². The predicted octanol–water partition coefficient (Wildman–Crippen LogP) is 4.23. The molecule has 27 heavy (non-hydrogen) atoms. The first-order valence-corrected chi connectivity index (χ1v) is 10.1. The van der Waals surface area contributed by atoms with Gasteiger partial charge in [-0.25, -0.2) is 0 Å². The first kappa shape index (κ1) is 19.2. The maximum atomic E-state index is 12.5. The number of benzene rings is 2. The minimum absolute atomic E-state index is 0.00608. The van der Waals surface area contributed by atoms with Gasteiger partial charge in [-0.15, -0.1) is 10.2 Å². The number of nitrogens with one attached hydrogen (secondary N) is 1. The predicted molar refractivity (Wildman–Crippen MR) is 109 cm³/mol. The maximum absolute atomic E-state index is 12.5. The highest BCUT2D eigenvalue weighted by Crippen LogP contribution is 2.23. The summed E-state index contributed by atoms with van der Waals surface area (Å²) < 4.78 is 1.92. The van der Waals surface area contributed by atoms with E-state index in [9.17, 15) is 4.79 Å². The van der Waals surface area contributed by atoms with Gasteiger partial charge >= 0.3 is 0 Å². The Bertz CT molecular complexity index is 864. The summed E-state index contributed by atoms with van der Waals surface area (Å²) in [5.41, 5.74) is 2.15. The van der Waals surface area contributed by atoms with E-state index in [1.54, 1.807) is 0 Å². The van der Waals surface area contributed by atoms with Crippen molar-refractivity contribution in [3.63, 3.8) is 0 Å². The Balaban J connectivity index is 1.61. The molecule has 1 atom stereocenters. The van der Waals surface area contributed by atoms with Crippen LogP contribution in [0.3, 0.4) is 0 Å². The zero-order chi connectivity index (χ0) is 19.1. The van der Waals surface area contributed by atoms with Gasteiger partial charge in [0, 0.05) is 12.6 Å². The van der Waals surface area contributed by atoms with Gasteiger partial charge in [-0.3, -0.25) is 4.79 Å². The second-order valence-electron chi connectivity index (χ2n) is 6.34. The van der Waals surface area contributed by atoms with Crippen LogP contribution in [0.25, 0.3) is 11.4 Å². The van der Waals surface area contributed by atoms with Gasteiger partial charge in [-0.2, -0.15) is 0 Å². The van der Waals surface area contributed by atoms with Crippen molar-refractivity contribution in [1.82, 2.24) is 20.1 Å². The fourth-order valence-corrected chi connectivity index (χ4v) is 3.66. The van der Waals surface area contributed by atoms with Gasteiger partial charge in [0.2, 0.25) is 5.91 Å². The Morgan fingerprint density at radius 1 is 1.07 bits per heavy atom. The molecule has 1 amide bonds. The number of carbonyl (C=O) groups is 1. The van der Waals surface area contributed by atoms with Crippen molar-refractivity contribution in [2.24, 2.45) is 7.05 Å². The van der Waals surface area contributed by atoms with Crippen LogP contribution in [0, 0.1) is 0 Å². The molecule has 140 valence electrons. The van der Waals surface area contributed by atoms with E-state index in [1.807, 2.05) is 60.1 Å². The summed E-state index contributed by atoms with van der Waals surface area (Å²) in [4.78, 5) is 12.5. The quantitative estimate of drug-likeness (QED) is 0.594. The van der Waals surface area contributed by atoms with Crippen LogP contribution >= 0.6 is 11.8 Å². The summed E-state index contributed by atoms with van der Waals surface area (Å²) >= 11 is 1.40. The highest BCUT2D eigenvalue weighted by molar-refractivity contribution is 7.99. The molecule has 2 aromatic carbocycles. The van der Waals surface area contributed by atoms with E-state index in [-0.39, 0.29) is 11.9 Å². The molecule has 0 aliphatic carbocycles. The summed E-state index contributed by atoms with van der Waals surface area (Å²) in [5, 5.41) is 12.4. The molecule has 0 aliphatic heterocycles. The van der Waals surface area contributed by atoms with Crippen molar-refractivity contribution < 1.29 is 4.79 Å². The highest BCUT2D eigenvalue weighted by atomic mass is 32.2. The minimum Gasteiger partial charge on any atom is -0.349 e. The zero-order valence-corrected chi connectivity index (χ0v) is 16.4. The number of thioether (sulfide) groups is 1. The number of amides is 1. The second kappa shape index (κ2) is 9.37. The Hall–Kier alpha value is -2.60. The average Bonchev–Trinajstić information content (AvgIpc) is 3.08. The van der Waals surface area contributed by atoms with Gasteiger partial charge in [-0.05, 0) is 12.0 Å². The maximum Gasteiger partial charge on any atom is 0.230 e. The first-order valence-electron chi connectivity index (χ1n) is 9.11. The summed E-state index contributed by atoms with van der Waals surface area (Å²) in [5.74, 6) is 1.12. The molecular weight excluding hydrogens is 356 g/mol. The van der Waals surface area contributed by atoms with Gasteiger partial charge in [0.25, 0.3) is 0 Å². The van der Waals surface area contributed by atoms with E-state index in [1.165, 1.54) is 11.8 Å². The van der Waals surface area contributed by atoms with Crippen molar-refractivity contribution >= 4 is 17.7 Å². The van der Waals surface area contributed by atoms with Crippen LogP contribution in [-0.4, -0.2) is 26.4 Å². The monoisotopic (exact) mass is 380 g/mol. The Morgan fingerprint density at radius 2 is 1.74 bits per heavy atom. The first-order chi connectivity index (χ1) is 13.2. The lowest BCUT2D eigenvalue weighted by Crippen LogP contribution is -2.30. The molecule has 0 saturated heterocycles. The van der Waals surface area contributed by atoms with E-state index in [0.29, 0.717) is 5.75 Å². The molecule has 0 radical (unpaired) electrons. The highest BCUT2D eigenvalue weighted by Gasteiger charge is 2.16. The lowest BCUT2D eigenvalue weighted by molar-refractivity contribution is -0.119. The molecule has 0 bridgehead atoms. The van der Waals surface area contributed by atoms with Crippen molar-refractivity contribution in [2.45, 2.75) is 31.0 Å². The smallest absolute Gasteiger partial charge is 0.230 e. The number of carbonyl (C=O) groups excluding carboxylic acids is 1. The largest absolute Gasteiger partial charge is 0.349 e. The van der Waals surface area contributed by atoms with E-state index in [2.05, 4.69) is 34.6 Å². The summed E-state index contributed by atoms with van der Waals surface area (Å²) in [7, 11) is 1.92. The molecule has 1 aromatic heterocycles. The fourth-order valence-electron chi connectivity index (χ4n) is 2.94. The molecule has 3 rings (SSSR count). The standard InChI is InChI=1S/C21H24N4OS/c1-3-10-18(16-11-6-4-7-12-16)22-19(26)15-27-21-24-23-20(25(21)2)17-13-8-5-9-14-17/h4-9,11-14,18H,3,10,15H2,1-2H3,(H,22,26). The zero-order valence-electron chi connectivity index (χ0n) is 15.6. The minimum atomic E-state index is 0.00608. The number of aromatic nitrogens is 3. The molecule has 0 aliphatic rings. The molecule has 0 spiro atoms. The van der Waals surface area contributed by atoms with Gasteiger partial charge < -0.3 is 9.88 Å². The number of rotatable bonds is 8. The van der Waals surface area contributed by atoms with Crippen molar-refractivity contribution in [3.05, 3.63) is 66.2 Å². The molecule has 5 nitrogen and oxygen atoms in total. The van der Waals surface area contributed by atoms with Crippen LogP contribution in [0.15, 0.2) is 65.8 Å². The Kier molecular flexibility index (Phi) is 6.65. The lowest BCUT2D eigenvalue weighted by Gasteiger charge is -2.18. The van der Waals surface area contributed by atoms with Crippen molar-refractivity contribution in [2.75, 3.05) is 5.75 Å². The molecule has 1 N–H and O–H groups in total. The van der Waals surface area contributed by atoms with Crippen LogP contribution < -0.4 is 5.32 Å². The van der Waals surface area contributed by atoms with E-state index in [4.69, 9.17) is 0 Å². The van der Waals surface area contributed by atoms with Gasteiger partial charge in [0.15, 0.2) is 11.0 Å². The molecule has 0 saturated carbocycles. The summed E-state index contributed by atoms with van der Waals surface area (Å²) in [6.07, 6.45) is 1.93. The van der Waals surface area contributed by atoms with Crippen LogP contribution in [0.5, 0.6) is 0 Å². The number of nitrogens with zero attached hydrogens (tertiary/aromatic N) is 3. The van der Waals surface area contributed by atoms with E-state index < -0.39 is 0 Å². The normalized spacial score (nSPS) is 11.9. The van der Waals surface area contributed by atoms with E-state index >= 15 is 0 Å². The SMILES string of the molecule is CCCC(NC(=O)CSc1nnc(-c2ccccc2)n1C)c1ccccc1. The third-order valence-electron chi connectivity index (χ3n) is 4.31. The Morgan fingerprint density at radius 3 is 2.41 bits per heavy atom. The van der Waals surface area contributed by atoms with Crippen molar-refractivity contribution in [1.29, 1.82) is 0 Å². The van der Waals surface area contributed by atoms with E-state index in [0.717, 1.165) is 34.9 Å². The Labute approximate surface area is 164 Å². The van der Waals surface area contributed by atoms with Gasteiger partial charge in [0.1, 0.15) is 0 Å². The van der Waals surface area contributed by atoms with Crippen molar-refractivity contribution in [3.8, 4) is 11.4 Å². The molecule has 6 heteroatoms. The lowest BCUT2D eigenvalue weighted by atomic mass is 10.0. The summed E-state index contributed by atoms with van der Waals surface area (Å²) in [6.45, 7) is 2.13. The van der Waals surface area contributed by atoms with Gasteiger partial charge in [0.05, 0.1) is 11.8 Å². The second-order valence-corrected chi connectivity index (χ2v) is 7.28. The molecular formula is C21H24N4OS. The van der Waals surface area contributed by atoms with Gasteiger partial charge in [-0.1, -0.05) is 85.8 Å². The third kappa shape index (κ3) is 4.98. The topological polar surface area (TPSA) is 59.8 Å². The molecule has 0 fully saturated rings. The molecule has 3 aromatic rings. The molecule has 1 heterocycles. The van der Waals surface area contributed by atoms with Crippen LogP contribution in [0.1, 0.15) is 31.4 Å². The van der Waals surface area contributed by atoms with Crippen LogP contribution in [0.4, 0.5) is 0 Å². The van der Waals surface area contributed by atoms with Crippen LogP contribution in [0.2, 0.25) is 0 Å². The molecule has 1 unspecified atom stereocenters. The average molecular weight is 381 g/mol. The fraction of sp³-hybridized carbons (Fsp3) is 0.286.